The highest BCUT2D eigenvalue weighted by Crippen LogP contribution is 2.27. The van der Waals surface area contributed by atoms with E-state index in [4.69, 9.17) is 8.83 Å². The Balaban J connectivity index is 0.000000279. The Bertz CT molecular complexity index is 890. The van der Waals surface area contributed by atoms with Crippen molar-refractivity contribution in [2.45, 2.75) is 66.7 Å². The summed E-state index contributed by atoms with van der Waals surface area (Å²) in [6.45, 7) is 10.3. The molecule has 4 aromatic rings. The highest BCUT2D eigenvalue weighted by atomic mass is 32.1. The molecular formula is C26H35FO2S2. The lowest BCUT2D eigenvalue weighted by atomic mass is 10.1. The summed E-state index contributed by atoms with van der Waals surface area (Å²) in [4.78, 5) is 1.47. The maximum atomic E-state index is 12.5. The van der Waals surface area contributed by atoms with Crippen LogP contribution in [0.15, 0.2) is 68.5 Å². The van der Waals surface area contributed by atoms with Crippen LogP contribution in [0.2, 0.25) is 0 Å². The van der Waals surface area contributed by atoms with Gasteiger partial charge in [-0.3, -0.25) is 0 Å². The Morgan fingerprint density at radius 1 is 0.774 bits per heavy atom. The van der Waals surface area contributed by atoms with Crippen LogP contribution in [0, 0.1) is 5.13 Å². The number of thiophene rings is 2. The molecule has 0 fully saturated rings. The van der Waals surface area contributed by atoms with E-state index in [2.05, 4.69) is 18.4 Å². The predicted molar refractivity (Wildman–Crippen MR) is 135 cm³/mol. The maximum Gasteiger partial charge on any atom is 0.177 e. The smallest absolute Gasteiger partial charge is 0.177 e. The zero-order valence-corrected chi connectivity index (χ0v) is 21.0. The van der Waals surface area contributed by atoms with Gasteiger partial charge in [0.25, 0.3) is 0 Å². The Labute approximate surface area is 194 Å². The quantitative estimate of drug-likeness (QED) is 0.255. The summed E-state index contributed by atoms with van der Waals surface area (Å²) in [6, 6.07) is 11.3. The predicted octanol–water partition coefficient (Wildman–Crippen LogP) is 10.3. The molecule has 0 spiro atoms. The average molecular weight is 463 g/mol. The first-order valence-electron chi connectivity index (χ1n) is 11.2. The number of hydrogen-bond acceptors (Lipinski definition) is 4. The molecule has 31 heavy (non-hydrogen) atoms. The lowest BCUT2D eigenvalue weighted by Crippen LogP contribution is -1.80. The van der Waals surface area contributed by atoms with Crippen molar-refractivity contribution in [2.75, 3.05) is 0 Å². The van der Waals surface area contributed by atoms with E-state index in [9.17, 15) is 4.39 Å². The first kappa shape index (κ1) is 26.9. The van der Waals surface area contributed by atoms with E-state index >= 15 is 0 Å². The molecule has 0 aliphatic rings. The van der Waals surface area contributed by atoms with Crippen LogP contribution in [0.4, 0.5) is 4.39 Å². The minimum atomic E-state index is -0.184. The van der Waals surface area contributed by atoms with E-state index < -0.39 is 0 Å². The largest absolute Gasteiger partial charge is 0.464 e. The molecule has 0 aliphatic carbocycles. The first-order chi connectivity index (χ1) is 15.3. The Morgan fingerprint density at radius 2 is 1.35 bits per heavy atom. The topological polar surface area (TPSA) is 26.3 Å². The van der Waals surface area contributed by atoms with E-state index in [0.717, 1.165) is 22.7 Å². The van der Waals surface area contributed by atoms with E-state index in [-0.39, 0.29) is 5.13 Å². The summed E-state index contributed by atoms with van der Waals surface area (Å²) < 4.78 is 23.0. The second kappa shape index (κ2) is 16.6. The molecule has 0 N–H and O–H groups in total. The van der Waals surface area contributed by atoms with Crippen LogP contribution in [-0.2, 0) is 6.42 Å². The highest BCUT2D eigenvalue weighted by Gasteiger charge is 2.04. The van der Waals surface area contributed by atoms with E-state index in [0.29, 0.717) is 5.76 Å². The van der Waals surface area contributed by atoms with Gasteiger partial charge in [0.2, 0.25) is 0 Å². The molecule has 0 atom stereocenters. The summed E-state index contributed by atoms with van der Waals surface area (Å²) in [6.07, 6.45) is 9.85. The molecule has 0 amide bonds. The standard InChI is InChI=1S/C14H18OS.C8H5FOS.2C2H6/c1-2-3-4-5-7-13-10-12(11-16-13)14-8-6-9-15-14;9-8-4-6(5-11-8)7-2-1-3-10-7;2*1-2/h6,8-11H,2-5,7H2,1H3;1-5H;2*1-2H3. The molecule has 0 bridgehead atoms. The van der Waals surface area contributed by atoms with Crippen molar-refractivity contribution in [3.8, 4) is 22.6 Å². The summed E-state index contributed by atoms with van der Waals surface area (Å²) in [5.74, 6) is 1.70. The number of aryl methyl sites for hydroxylation is 1. The molecule has 0 saturated carbocycles. The third-order valence-corrected chi connectivity index (χ3v) is 5.82. The minimum absolute atomic E-state index is 0.184. The molecule has 0 saturated heterocycles. The van der Waals surface area contributed by atoms with Gasteiger partial charge in [-0.15, -0.1) is 22.7 Å². The third-order valence-electron chi connectivity index (χ3n) is 4.11. The van der Waals surface area contributed by atoms with Crippen LogP contribution in [0.5, 0.6) is 0 Å². The van der Waals surface area contributed by atoms with Crippen molar-refractivity contribution < 1.29 is 13.2 Å². The van der Waals surface area contributed by atoms with Crippen LogP contribution in [0.25, 0.3) is 22.6 Å². The number of unbranched alkanes of at least 4 members (excludes halogenated alkanes) is 3. The minimum Gasteiger partial charge on any atom is -0.464 e. The fourth-order valence-electron chi connectivity index (χ4n) is 2.69. The molecular weight excluding hydrogens is 427 g/mol. The Kier molecular flexibility index (Phi) is 14.4. The zero-order valence-electron chi connectivity index (χ0n) is 19.3. The normalized spacial score (nSPS) is 9.61. The van der Waals surface area contributed by atoms with Crippen LogP contribution in [0.1, 0.15) is 65.2 Å². The molecule has 0 radical (unpaired) electrons. The van der Waals surface area contributed by atoms with Crippen molar-refractivity contribution in [1.82, 2.24) is 0 Å². The van der Waals surface area contributed by atoms with Gasteiger partial charge in [-0.05, 0) is 49.2 Å². The second-order valence-electron chi connectivity index (χ2n) is 6.21. The van der Waals surface area contributed by atoms with Crippen LogP contribution < -0.4 is 0 Å². The van der Waals surface area contributed by atoms with Gasteiger partial charge < -0.3 is 8.83 Å². The average Bonchev–Trinajstić information content (AvgIpc) is 3.61. The molecule has 4 heterocycles. The highest BCUT2D eigenvalue weighted by molar-refractivity contribution is 7.10. The van der Waals surface area contributed by atoms with Gasteiger partial charge in [0.1, 0.15) is 11.5 Å². The van der Waals surface area contributed by atoms with Crippen LogP contribution >= 0.6 is 22.7 Å². The van der Waals surface area contributed by atoms with Gasteiger partial charge in [-0.25, -0.2) is 0 Å². The second-order valence-corrected chi connectivity index (χ2v) is 8.06. The van der Waals surface area contributed by atoms with E-state index in [1.807, 2.05) is 57.2 Å². The van der Waals surface area contributed by atoms with Crippen molar-refractivity contribution in [3.05, 3.63) is 69.7 Å². The number of halogens is 1. The number of furan rings is 2. The first-order valence-corrected chi connectivity index (χ1v) is 12.9. The van der Waals surface area contributed by atoms with Gasteiger partial charge in [-0.2, -0.15) is 4.39 Å². The lowest BCUT2D eigenvalue weighted by Gasteiger charge is -1.96. The van der Waals surface area contributed by atoms with Gasteiger partial charge >= 0.3 is 0 Å². The van der Waals surface area contributed by atoms with Gasteiger partial charge in [0.15, 0.2) is 5.13 Å². The molecule has 2 nitrogen and oxygen atoms in total. The van der Waals surface area contributed by atoms with Crippen molar-refractivity contribution in [1.29, 1.82) is 0 Å². The molecule has 0 unspecified atom stereocenters. The van der Waals surface area contributed by atoms with Crippen LogP contribution in [0.3, 0.4) is 0 Å². The molecule has 0 aliphatic heterocycles. The molecule has 0 aromatic carbocycles. The Hall–Kier alpha value is -2.11. The van der Waals surface area contributed by atoms with Crippen molar-refractivity contribution in [3.63, 3.8) is 0 Å². The summed E-state index contributed by atoms with van der Waals surface area (Å²) in [5, 5.41) is 3.73. The number of rotatable bonds is 7. The monoisotopic (exact) mass is 462 g/mol. The fraction of sp³-hybridized carbons (Fsp3) is 0.385. The summed E-state index contributed by atoms with van der Waals surface area (Å²) >= 11 is 2.92. The van der Waals surface area contributed by atoms with Crippen molar-refractivity contribution in [2.24, 2.45) is 0 Å². The SMILES string of the molecule is CC.CC.CCCCCCc1cc(-c2ccco2)cs1.Fc1cc(-c2ccco2)cs1. The van der Waals surface area contributed by atoms with Crippen LogP contribution in [-0.4, -0.2) is 0 Å². The summed E-state index contributed by atoms with van der Waals surface area (Å²) in [5.41, 5.74) is 2.03. The van der Waals surface area contributed by atoms with E-state index in [1.54, 1.807) is 24.0 Å². The fourth-order valence-corrected chi connectivity index (χ4v) is 4.23. The zero-order chi connectivity index (χ0) is 22.9. The van der Waals surface area contributed by atoms with Crippen molar-refractivity contribution >= 4 is 22.7 Å². The maximum absolute atomic E-state index is 12.5. The Morgan fingerprint density at radius 3 is 1.84 bits per heavy atom. The molecule has 4 aromatic heterocycles. The molecule has 170 valence electrons. The van der Waals surface area contributed by atoms with Gasteiger partial charge in [0.05, 0.1) is 12.5 Å². The van der Waals surface area contributed by atoms with Gasteiger partial charge in [-0.1, -0.05) is 53.9 Å². The number of hydrogen-bond donors (Lipinski definition) is 0. The lowest BCUT2D eigenvalue weighted by molar-refractivity contribution is 0.581. The summed E-state index contributed by atoms with van der Waals surface area (Å²) in [7, 11) is 0. The molecule has 4 rings (SSSR count). The van der Waals surface area contributed by atoms with E-state index in [1.165, 1.54) is 48.6 Å². The molecule has 5 heteroatoms. The van der Waals surface area contributed by atoms with Gasteiger partial charge in [0, 0.05) is 26.8 Å². The third kappa shape index (κ3) is 9.70.